The van der Waals surface area contributed by atoms with E-state index < -0.39 is 0 Å². The fraction of sp³-hybridized carbons (Fsp3) is 0.292. The Morgan fingerprint density at radius 1 is 1.06 bits per heavy atom. The lowest BCUT2D eigenvalue weighted by atomic mass is 10.1. The quantitative estimate of drug-likeness (QED) is 0.599. The van der Waals surface area contributed by atoms with E-state index in [0.29, 0.717) is 42.6 Å². The zero-order valence-corrected chi connectivity index (χ0v) is 18.0. The van der Waals surface area contributed by atoms with Crippen LogP contribution in [-0.4, -0.2) is 46.5 Å². The van der Waals surface area contributed by atoms with Crippen LogP contribution in [0.3, 0.4) is 0 Å². The number of benzene rings is 2. The molecule has 0 spiro atoms. The monoisotopic (exact) mass is 438 g/mol. The summed E-state index contributed by atoms with van der Waals surface area (Å²) < 4.78 is 32.2. The number of carbonyl (C=O) groups excluding carboxylic acids is 1. The summed E-state index contributed by atoms with van der Waals surface area (Å²) in [6, 6.07) is 12.0. The van der Waals surface area contributed by atoms with Crippen molar-refractivity contribution in [3.63, 3.8) is 0 Å². The smallest absolute Gasteiger partial charge is 0.227 e. The molecule has 6 nitrogen and oxygen atoms in total. The van der Waals surface area contributed by atoms with Gasteiger partial charge < -0.3 is 14.5 Å². The topological polar surface area (TPSA) is 58.6 Å². The Hall–Kier alpha value is -3.55. The SMILES string of the molecule is Cc1cc(F)ccc1Oc1cc(N2CCN(C(=O)Cc3ccc(F)cc3)C(C)C2)ncn1. The van der Waals surface area contributed by atoms with Crippen LogP contribution in [-0.2, 0) is 11.2 Å². The predicted molar refractivity (Wildman–Crippen MR) is 117 cm³/mol. The number of aromatic nitrogens is 2. The maximum atomic E-state index is 13.3. The average molecular weight is 438 g/mol. The van der Waals surface area contributed by atoms with Gasteiger partial charge in [-0.15, -0.1) is 0 Å². The van der Waals surface area contributed by atoms with Crippen molar-refractivity contribution < 1.29 is 18.3 Å². The van der Waals surface area contributed by atoms with Crippen LogP contribution in [0.2, 0.25) is 0 Å². The minimum absolute atomic E-state index is 0.0160. The van der Waals surface area contributed by atoms with Crippen molar-refractivity contribution >= 4 is 11.7 Å². The summed E-state index contributed by atoms with van der Waals surface area (Å²) in [6.07, 6.45) is 1.67. The van der Waals surface area contributed by atoms with Gasteiger partial charge in [0, 0.05) is 31.7 Å². The maximum Gasteiger partial charge on any atom is 0.227 e. The highest BCUT2D eigenvalue weighted by atomic mass is 19.1. The van der Waals surface area contributed by atoms with Crippen LogP contribution in [0.15, 0.2) is 54.9 Å². The zero-order valence-electron chi connectivity index (χ0n) is 18.0. The molecule has 0 radical (unpaired) electrons. The number of anilines is 1. The Morgan fingerprint density at radius 2 is 1.81 bits per heavy atom. The fourth-order valence-corrected chi connectivity index (χ4v) is 3.81. The fourth-order valence-electron chi connectivity index (χ4n) is 3.81. The summed E-state index contributed by atoms with van der Waals surface area (Å²) in [5.74, 6) is 0.979. The molecule has 1 unspecified atom stereocenters. The highest BCUT2D eigenvalue weighted by molar-refractivity contribution is 5.79. The van der Waals surface area contributed by atoms with Crippen molar-refractivity contribution in [2.45, 2.75) is 26.3 Å². The molecule has 2 aromatic carbocycles. The van der Waals surface area contributed by atoms with Gasteiger partial charge in [-0.3, -0.25) is 4.79 Å². The van der Waals surface area contributed by atoms with Crippen molar-refractivity contribution in [1.29, 1.82) is 0 Å². The molecule has 166 valence electrons. The van der Waals surface area contributed by atoms with Gasteiger partial charge in [-0.05, 0) is 55.3 Å². The van der Waals surface area contributed by atoms with E-state index in [0.717, 1.165) is 5.56 Å². The molecule has 1 saturated heterocycles. The van der Waals surface area contributed by atoms with Crippen LogP contribution in [0.25, 0.3) is 0 Å². The van der Waals surface area contributed by atoms with Gasteiger partial charge >= 0.3 is 0 Å². The summed E-state index contributed by atoms with van der Waals surface area (Å²) in [6.45, 7) is 5.55. The largest absolute Gasteiger partial charge is 0.439 e. The molecule has 8 heteroatoms. The molecular formula is C24H24F2N4O2. The Morgan fingerprint density at radius 3 is 2.53 bits per heavy atom. The molecule has 1 amide bonds. The first kappa shape index (κ1) is 21.7. The number of nitrogens with zero attached hydrogens (tertiary/aromatic N) is 4. The second kappa shape index (κ2) is 9.30. The molecule has 1 aliphatic rings. The van der Waals surface area contributed by atoms with E-state index in [2.05, 4.69) is 14.9 Å². The number of amides is 1. The number of rotatable bonds is 5. The van der Waals surface area contributed by atoms with E-state index >= 15 is 0 Å². The first-order chi connectivity index (χ1) is 15.4. The molecule has 3 aromatic rings. The van der Waals surface area contributed by atoms with Crippen LogP contribution >= 0.6 is 0 Å². The Balaban J connectivity index is 1.40. The summed E-state index contributed by atoms with van der Waals surface area (Å²) in [4.78, 5) is 25.2. The molecule has 32 heavy (non-hydrogen) atoms. The van der Waals surface area contributed by atoms with Crippen LogP contribution < -0.4 is 9.64 Å². The lowest BCUT2D eigenvalue weighted by Gasteiger charge is -2.40. The second-order valence-electron chi connectivity index (χ2n) is 7.91. The van der Waals surface area contributed by atoms with Crippen molar-refractivity contribution in [1.82, 2.24) is 14.9 Å². The third-order valence-corrected chi connectivity index (χ3v) is 5.52. The van der Waals surface area contributed by atoms with Gasteiger partial charge in [0.05, 0.1) is 6.42 Å². The van der Waals surface area contributed by atoms with E-state index in [1.807, 2.05) is 11.8 Å². The number of halogens is 2. The number of ether oxygens (including phenoxy) is 1. The van der Waals surface area contributed by atoms with E-state index in [1.54, 1.807) is 31.2 Å². The van der Waals surface area contributed by atoms with Crippen LogP contribution in [0.4, 0.5) is 14.6 Å². The van der Waals surface area contributed by atoms with Gasteiger partial charge in [0.1, 0.15) is 29.5 Å². The standard InChI is InChI=1S/C24H24F2N4O2/c1-16-11-20(26)7-8-21(16)32-23-13-22(27-15-28-23)29-9-10-30(17(2)14-29)24(31)12-18-3-5-19(25)6-4-18/h3-8,11,13,15,17H,9-10,12,14H2,1-2H3. The van der Waals surface area contributed by atoms with Gasteiger partial charge in [-0.2, -0.15) is 0 Å². The summed E-state index contributed by atoms with van der Waals surface area (Å²) in [7, 11) is 0. The Labute approximate surface area is 185 Å². The van der Waals surface area contributed by atoms with E-state index in [1.165, 1.54) is 30.6 Å². The first-order valence-corrected chi connectivity index (χ1v) is 10.4. The maximum absolute atomic E-state index is 13.3. The number of hydrogen-bond acceptors (Lipinski definition) is 5. The van der Waals surface area contributed by atoms with Crippen LogP contribution in [0.5, 0.6) is 11.6 Å². The molecule has 2 heterocycles. The summed E-state index contributed by atoms with van der Waals surface area (Å²) in [5, 5.41) is 0. The number of hydrogen-bond donors (Lipinski definition) is 0. The third kappa shape index (κ3) is 5.01. The predicted octanol–water partition coefficient (Wildman–Crippen LogP) is 4.14. The van der Waals surface area contributed by atoms with Crippen molar-refractivity contribution in [2.75, 3.05) is 24.5 Å². The van der Waals surface area contributed by atoms with Gasteiger partial charge in [0.25, 0.3) is 0 Å². The number of carbonyl (C=O) groups is 1. The van der Waals surface area contributed by atoms with Gasteiger partial charge in [-0.1, -0.05) is 12.1 Å². The lowest BCUT2D eigenvalue weighted by Crippen LogP contribution is -2.54. The van der Waals surface area contributed by atoms with Crippen molar-refractivity contribution in [3.8, 4) is 11.6 Å². The molecule has 0 bridgehead atoms. The molecule has 1 atom stereocenters. The molecule has 0 saturated carbocycles. The minimum Gasteiger partial charge on any atom is -0.439 e. The second-order valence-corrected chi connectivity index (χ2v) is 7.91. The summed E-state index contributed by atoms with van der Waals surface area (Å²) >= 11 is 0. The molecular weight excluding hydrogens is 414 g/mol. The van der Waals surface area contributed by atoms with Crippen LogP contribution in [0, 0.1) is 18.6 Å². The lowest BCUT2D eigenvalue weighted by molar-refractivity contribution is -0.132. The Kier molecular flexibility index (Phi) is 6.30. The molecule has 0 N–H and O–H groups in total. The highest BCUT2D eigenvalue weighted by Gasteiger charge is 2.28. The van der Waals surface area contributed by atoms with Gasteiger partial charge in [-0.25, -0.2) is 18.7 Å². The number of piperazine rings is 1. The molecule has 1 aromatic heterocycles. The van der Waals surface area contributed by atoms with Gasteiger partial charge in [0.2, 0.25) is 11.8 Å². The minimum atomic E-state index is -0.320. The number of aryl methyl sites for hydroxylation is 1. The van der Waals surface area contributed by atoms with Crippen molar-refractivity contribution in [3.05, 3.63) is 77.6 Å². The Bertz CT molecular complexity index is 1110. The molecule has 0 aliphatic carbocycles. The molecule has 1 aliphatic heterocycles. The van der Waals surface area contributed by atoms with E-state index in [4.69, 9.17) is 4.74 Å². The zero-order chi connectivity index (χ0) is 22.7. The first-order valence-electron chi connectivity index (χ1n) is 10.4. The third-order valence-electron chi connectivity index (χ3n) is 5.52. The average Bonchev–Trinajstić information content (AvgIpc) is 2.77. The summed E-state index contributed by atoms with van der Waals surface area (Å²) in [5.41, 5.74) is 1.46. The van der Waals surface area contributed by atoms with E-state index in [-0.39, 0.29) is 30.0 Å². The van der Waals surface area contributed by atoms with Gasteiger partial charge in [0.15, 0.2) is 0 Å². The normalized spacial score (nSPS) is 16.2. The van der Waals surface area contributed by atoms with Crippen LogP contribution in [0.1, 0.15) is 18.1 Å². The van der Waals surface area contributed by atoms with E-state index in [9.17, 15) is 13.6 Å². The molecule has 1 fully saturated rings. The van der Waals surface area contributed by atoms with Crippen molar-refractivity contribution in [2.24, 2.45) is 0 Å². The molecule has 4 rings (SSSR count). The highest BCUT2D eigenvalue weighted by Crippen LogP contribution is 2.27.